The third-order valence-corrected chi connectivity index (χ3v) is 2.09. The molecule has 0 radical (unpaired) electrons. The molecular formula is C9H12BrN3. The van der Waals surface area contributed by atoms with Crippen LogP contribution in [0.2, 0.25) is 0 Å². The van der Waals surface area contributed by atoms with Crippen LogP contribution < -0.4 is 5.32 Å². The zero-order chi connectivity index (χ0) is 9.52. The van der Waals surface area contributed by atoms with Gasteiger partial charge in [0.25, 0.3) is 0 Å². The van der Waals surface area contributed by atoms with Crippen LogP contribution in [-0.2, 0) is 0 Å². The van der Waals surface area contributed by atoms with Crippen molar-refractivity contribution in [2.45, 2.75) is 13.3 Å². The summed E-state index contributed by atoms with van der Waals surface area (Å²) in [4.78, 5) is 7.96. The summed E-state index contributed by atoms with van der Waals surface area (Å²) in [6, 6.07) is 0. The molecule has 0 aromatic carbocycles. The highest BCUT2D eigenvalue weighted by molar-refractivity contribution is 9.10. The van der Waals surface area contributed by atoms with E-state index < -0.39 is 0 Å². The maximum Gasteiger partial charge on any atom is 0.143 e. The molecule has 1 aromatic heterocycles. The highest BCUT2D eigenvalue weighted by atomic mass is 79.9. The number of anilines is 1. The second-order valence-corrected chi connectivity index (χ2v) is 3.36. The lowest BCUT2D eigenvalue weighted by Crippen LogP contribution is -2.02. The molecular weight excluding hydrogens is 230 g/mol. The maximum atomic E-state index is 4.08. The summed E-state index contributed by atoms with van der Waals surface area (Å²) in [5, 5.41) is 3.20. The normalized spacial score (nSPS) is 10.6. The molecule has 0 aliphatic carbocycles. The van der Waals surface area contributed by atoms with Crippen LogP contribution in [0.1, 0.15) is 13.3 Å². The summed E-state index contributed by atoms with van der Waals surface area (Å²) < 4.78 is 0.899. The molecule has 0 atom stereocenters. The van der Waals surface area contributed by atoms with Crippen LogP contribution in [-0.4, -0.2) is 16.5 Å². The Hall–Kier alpha value is -0.900. The van der Waals surface area contributed by atoms with E-state index in [1.807, 2.05) is 13.0 Å². The van der Waals surface area contributed by atoms with E-state index in [0.717, 1.165) is 23.3 Å². The van der Waals surface area contributed by atoms with E-state index in [0.29, 0.717) is 0 Å². The van der Waals surface area contributed by atoms with Crippen LogP contribution in [0.15, 0.2) is 29.1 Å². The van der Waals surface area contributed by atoms with Crippen LogP contribution in [0.4, 0.5) is 5.82 Å². The van der Waals surface area contributed by atoms with Crippen LogP contribution >= 0.6 is 15.9 Å². The van der Waals surface area contributed by atoms with Gasteiger partial charge >= 0.3 is 0 Å². The Labute approximate surface area is 86.4 Å². The first-order valence-corrected chi connectivity index (χ1v) is 4.94. The summed E-state index contributed by atoms with van der Waals surface area (Å²) >= 11 is 3.36. The van der Waals surface area contributed by atoms with Crippen molar-refractivity contribution in [3.8, 4) is 0 Å². The number of nitrogens with one attached hydrogen (secondary N) is 1. The average molecular weight is 242 g/mol. The van der Waals surface area contributed by atoms with Crippen molar-refractivity contribution in [3.05, 3.63) is 29.1 Å². The van der Waals surface area contributed by atoms with Gasteiger partial charge in [-0.25, -0.2) is 9.97 Å². The van der Waals surface area contributed by atoms with Crippen molar-refractivity contribution < 1.29 is 0 Å². The van der Waals surface area contributed by atoms with Gasteiger partial charge in [-0.15, -0.1) is 0 Å². The maximum absolute atomic E-state index is 4.08. The van der Waals surface area contributed by atoms with Gasteiger partial charge in [0.1, 0.15) is 12.1 Å². The number of rotatable bonds is 4. The average Bonchev–Trinajstić information content (AvgIpc) is 2.15. The fourth-order valence-electron chi connectivity index (χ4n) is 0.883. The second kappa shape index (κ2) is 5.70. The van der Waals surface area contributed by atoms with Gasteiger partial charge in [-0.2, -0.15) is 0 Å². The Balaban J connectivity index is 2.41. The largest absolute Gasteiger partial charge is 0.369 e. The molecule has 1 rings (SSSR count). The number of nitrogens with zero attached hydrogens (tertiary/aromatic N) is 2. The molecule has 0 spiro atoms. The smallest absolute Gasteiger partial charge is 0.143 e. The fraction of sp³-hybridized carbons (Fsp3) is 0.333. The molecule has 4 heteroatoms. The Morgan fingerprint density at radius 3 is 3.15 bits per heavy atom. The minimum atomic E-state index is 0.847. The quantitative estimate of drug-likeness (QED) is 0.651. The molecule has 3 nitrogen and oxygen atoms in total. The molecule has 1 aromatic rings. The zero-order valence-electron chi connectivity index (χ0n) is 7.50. The minimum Gasteiger partial charge on any atom is -0.369 e. The van der Waals surface area contributed by atoms with E-state index in [1.54, 1.807) is 6.20 Å². The Kier molecular flexibility index (Phi) is 4.46. The first-order valence-electron chi connectivity index (χ1n) is 4.15. The fourth-order valence-corrected chi connectivity index (χ4v) is 1.24. The first-order chi connectivity index (χ1) is 6.34. The number of allylic oxidation sites excluding steroid dienone is 1. The van der Waals surface area contributed by atoms with Crippen LogP contribution in [0.5, 0.6) is 0 Å². The van der Waals surface area contributed by atoms with Crippen LogP contribution in [0.25, 0.3) is 0 Å². The molecule has 13 heavy (non-hydrogen) atoms. The zero-order valence-corrected chi connectivity index (χ0v) is 9.08. The molecule has 0 unspecified atom stereocenters. The van der Waals surface area contributed by atoms with Crippen molar-refractivity contribution in [1.82, 2.24) is 9.97 Å². The van der Waals surface area contributed by atoms with Crippen molar-refractivity contribution in [2.75, 3.05) is 11.9 Å². The lowest BCUT2D eigenvalue weighted by Gasteiger charge is -2.03. The van der Waals surface area contributed by atoms with Gasteiger partial charge in [-0.05, 0) is 29.3 Å². The molecule has 0 aliphatic rings. The standard InChI is InChI=1S/C9H12BrN3/c1-2-3-4-5-12-9-8(10)6-11-7-13-9/h2-3,6-7H,4-5H2,1H3,(H,11,12,13)/b3-2+. The number of aromatic nitrogens is 2. The molecule has 0 saturated heterocycles. The Morgan fingerprint density at radius 1 is 1.62 bits per heavy atom. The molecule has 1 N–H and O–H groups in total. The molecule has 70 valence electrons. The van der Waals surface area contributed by atoms with Gasteiger partial charge in [0.2, 0.25) is 0 Å². The van der Waals surface area contributed by atoms with Gasteiger partial charge in [0, 0.05) is 12.7 Å². The molecule has 0 bridgehead atoms. The third kappa shape index (κ3) is 3.55. The van der Waals surface area contributed by atoms with Crippen molar-refractivity contribution >= 4 is 21.7 Å². The highest BCUT2D eigenvalue weighted by Crippen LogP contribution is 2.16. The van der Waals surface area contributed by atoms with E-state index in [-0.39, 0.29) is 0 Å². The second-order valence-electron chi connectivity index (χ2n) is 2.50. The van der Waals surface area contributed by atoms with Crippen molar-refractivity contribution in [3.63, 3.8) is 0 Å². The molecule has 0 fully saturated rings. The van der Waals surface area contributed by atoms with Crippen LogP contribution in [0, 0.1) is 0 Å². The molecule has 1 heterocycles. The first kappa shape index (κ1) is 10.2. The highest BCUT2D eigenvalue weighted by Gasteiger charge is 1.97. The number of hydrogen-bond acceptors (Lipinski definition) is 3. The minimum absolute atomic E-state index is 0.847. The van der Waals surface area contributed by atoms with Crippen LogP contribution in [0.3, 0.4) is 0 Å². The Bertz CT molecular complexity index is 286. The van der Waals surface area contributed by atoms with Crippen molar-refractivity contribution in [2.24, 2.45) is 0 Å². The lowest BCUT2D eigenvalue weighted by molar-refractivity contribution is 1.03. The summed E-state index contributed by atoms with van der Waals surface area (Å²) in [5.41, 5.74) is 0. The van der Waals surface area contributed by atoms with Gasteiger partial charge in [0.15, 0.2) is 0 Å². The van der Waals surface area contributed by atoms with E-state index in [2.05, 4.69) is 37.3 Å². The topological polar surface area (TPSA) is 37.8 Å². The van der Waals surface area contributed by atoms with Gasteiger partial charge in [0.05, 0.1) is 4.47 Å². The Morgan fingerprint density at radius 2 is 2.46 bits per heavy atom. The summed E-state index contributed by atoms with van der Waals surface area (Å²) in [6.07, 6.45) is 8.42. The number of hydrogen-bond donors (Lipinski definition) is 1. The van der Waals surface area contributed by atoms with Gasteiger partial charge in [-0.1, -0.05) is 12.2 Å². The van der Waals surface area contributed by atoms with E-state index in [9.17, 15) is 0 Å². The SMILES string of the molecule is C/C=C/CCNc1ncncc1Br. The third-order valence-electron chi connectivity index (χ3n) is 1.51. The van der Waals surface area contributed by atoms with Gasteiger partial charge in [-0.3, -0.25) is 0 Å². The predicted molar refractivity (Wildman–Crippen MR) is 57.7 cm³/mol. The van der Waals surface area contributed by atoms with Crippen molar-refractivity contribution in [1.29, 1.82) is 0 Å². The van der Waals surface area contributed by atoms with Gasteiger partial charge < -0.3 is 5.32 Å². The summed E-state index contributed by atoms with van der Waals surface area (Å²) in [5.74, 6) is 0.847. The van der Waals surface area contributed by atoms with E-state index in [4.69, 9.17) is 0 Å². The molecule has 0 amide bonds. The van der Waals surface area contributed by atoms with E-state index in [1.165, 1.54) is 6.33 Å². The predicted octanol–water partition coefficient (Wildman–Crippen LogP) is 2.62. The summed E-state index contributed by atoms with van der Waals surface area (Å²) in [7, 11) is 0. The lowest BCUT2D eigenvalue weighted by atomic mass is 10.4. The number of halogens is 1. The molecule has 0 saturated carbocycles. The summed E-state index contributed by atoms with van der Waals surface area (Å²) in [6.45, 7) is 2.90. The monoisotopic (exact) mass is 241 g/mol. The molecule has 0 aliphatic heterocycles. The van der Waals surface area contributed by atoms with E-state index >= 15 is 0 Å².